The van der Waals surface area contributed by atoms with Crippen molar-refractivity contribution in [2.75, 3.05) is 5.32 Å². The Morgan fingerprint density at radius 1 is 1.24 bits per heavy atom. The molecule has 2 aromatic rings. The first-order chi connectivity index (χ1) is 15.3. The van der Waals surface area contributed by atoms with E-state index in [0.29, 0.717) is 11.6 Å². The van der Waals surface area contributed by atoms with Crippen molar-refractivity contribution >= 4 is 52.2 Å². The van der Waals surface area contributed by atoms with Gasteiger partial charge in [-0.05, 0) is 56.7 Å². The van der Waals surface area contributed by atoms with Gasteiger partial charge in [-0.3, -0.25) is 9.59 Å². The molecule has 1 aromatic heterocycles. The first-order valence-electron chi connectivity index (χ1n) is 9.45. The molecule has 12 heteroatoms. The van der Waals surface area contributed by atoms with E-state index in [1.165, 1.54) is 30.5 Å². The molecule has 1 heterocycles. The summed E-state index contributed by atoms with van der Waals surface area (Å²) >= 11 is 12.0. The first kappa shape index (κ1) is 26.1. The Balaban J connectivity index is 2.57. The number of hydrogen-bond acceptors (Lipinski definition) is 5. The topological polar surface area (TPSA) is 109 Å². The number of nitrogens with zero attached hydrogens (tertiary/aromatic N) is 2. The quantitative estimate of drug-likeness (QED) is 0.486. The van der Waals surface area contributed by atoms with E-state index >= 15 is 0 Å². The van der Waals surface area contributed by atoms with E-state index in [1.54, 1.807) is 20.8 Å². The molecule has 0 radical (unpaired) electrons. The lowest BCUT2D eigenvalue weighted by atomic mass is 10.1. The van der Waals surface area contributed by atoms with Gasteiger partial charge in [0.1, 0.15) is 11.4 Å². The molecule has 0 aliphatic heterocycles. The lowest BCUT2D eigenvalue weighted by Gasteiger charge is -2.16. The van der Waals surface area contributed by atoms with Gasteiger partial charge in [0.25, 0.3) is 11.8 Å². The number of anilines is 1. The Morgan fingerprint density at radius 3 is 2.48 bits per heavy atom. The highest BCUT2D eigenvalue weighted by Crippen LogP contribution is 2.27. The van der Waals surface area contributed by atoms with Gasteiger partial charge in [-0.1, -0.05) is 23.2 Å². The maximum absolute atomic E-state index is 13.0. The monoisotopic (exact) mass is 501 g/mol. The Morgan fingerprint density at radius 2 is 1.91 bits per heavy atom. The van der Waals surface area contributed by atoms with Crippen LogP contribution in [0.15, 0.2) is 47.2 Å². The number of benzene rings is 1. The maximum atomic E-state index is 13.0. The average molecular weight is 502 g/mol. The molecule has 0 saturated carbocycles. The molecule has 1 aromatic carbocycles. The Hall–Kier alpha value is -3.11. The van der Waals surface area contributed by atoms with Gasteiger partial charge in [-0.2, -0.15) is 13.2 Å². The molecule has 0 aliphatic carbocycles. The zero-order chi connectivity index (χ0) is 24.9. The van der Waals surface area contributed by atoms with E-state index < -0.39 is 29.4 Å². The lowest BCUT2D eigenvalue weighted by Crippen LogP contribution is -2.32. The molecule has 0 aliphatic rings. The van der Waals surface area contributed by atoms with Crippen molar-refractivity contribution in [2.24, 2.45) is 10.7 Å². The van der Waals surface area contributed by atoms with Gasteiger partial charge in [0.2, 0.25) is 0 Å². The van der Waals surface area contributed by atoms with E-state index in [2.05, 4.69) is 20.6 Å². The molecule has 33 heavy (non-hydrogen) atoms. The molecule has 7 nitrogen and oxygen atoms in total. The van der Waals surface area contributed by atoms with Crippen LogP contribution in [-0.4, -0.2) is 34.7 Å². The summed E-state index contributed by atoms with van der Waals surface area (Å²) in [6.07, 6.45) is -3.25. The van der Waals surface area contributed by atoms with Crippen LogP contribution in [0.2, 0.25) is 10.0 Å². The van der Waals surface area contributed by atoms with Crippen molar-refractivity contribution in [1.82, 2.24) is 10.3 Å². The van der Waals surface area contributed by atoms with Gasteiger partial charge in [0.15, 0.2) is 5.82 Å². The van der Waals surface area contributed by atoms with Crippen molar-refractivity contribution in [3.8, 4) is 0 Å². The highest BCUT2D eigenvalue weighted by atomic mass is 35.5. The highest BCUT2D eigenvalue weighted by Gasteiger charge is 2.32. The Labute approximate surface area is 197 Å². The van der Waals surface area contributed by atoms with E-state index in [1.807, 2.05) is 0 Å². The van der Waals surface area contributed by atoms with Crippen LogP contribution in [0.3, 0.4) is 0 Å². The van der Waals surface area contributed by atoms with Crippen LogP contribution in [0.1, 0.15) is 29.8 Å². The minimum absolute atomic E-state index is 0.00135. The number of carbonyl (C=O) groups is 2. The highest BCUT2D eigenvalue weighted by molar-refractivity contribution is 6.48. The smallest absolute Gasteiger partial charge is 0.395 e. The van der Waals surface area contributed by atoms with Crippen LogP contribution in [0.25, 0.3) is 0 Å². The van der Waals surface area contributed by atoms with Crippen LogP contribution in [0.5, 0.6) is 0 Å². The fourth-order valence-electron chi connectivity index (χ4n) is 2.56. The van der Waals surface area contributed by atoms with E-state index in [0.717, 1.165) is 0 Å². The second kappa shape index (κ2) is 10.7. The van der Waals surface area contributed by atoms with Gasteiger partial charge in [-0.15, -0.1) is 0 Å². The van der Waals surface area contributed by atoms with Gasteiger partial charge in [0.05, 0.1) is 16.3 Å². The third kappa shape index (κ3) is 7.19. The number of aryl methyl sites for hydroxylation is 1. The number of hydrogen-bond donors (Lipinski definition) is 3. The van der Waals surface area contributed by atoms with Crippen LogP contribution in [0, 0.1) is 6.92 Å². The van der Waals surface area contributed by atoms with Crippen LogP contribution >= 0.6 is 23.2 Å². The van der Waals surface area contributed by atoms with E-state index in [-0.39, 0.29) is 33.2 Å². The fraction of sp³-hybridized carbons (Fsp3) is 0.238. The van der Waals surface area contributed by atoms with Gasteiger partial charge in [-0.25, -0.2) is 9.98 Å². The predicted octanol–water partition coefficient (Wildman–Crippen LogP) is 4.95. The zero-order valence-electron chi connectivity index (χ0n) is 17.7. The van der Waals surface area contributed by atoms with Crippen molar-refractivity contribution in [3.63, 3.8) is 0 Å². The van der Waals surface area contributed by atoms with Crippen molar-refractivity contribution < 1.29 is 22.8 Å². The van der Waals surface area contributed by atoms with Crippen LogP contribution in [-0.2, 0) is 4.79 Å². The standard InChI is InChI=1S/C21H20Cl2F3N5O2/c1-10(2)29-19(32)13-8-12(22)7-11(3)17(13)31-20(33)15(9-16(27)21(24,25)26)30-18-14(23)5-4-6-28-18/h4-10H,27H2,1-3H3,(H,29,32)(H,31,33). The maximum Gasteiger partial charge on any atom is 0.430 e. The van der Waals surface area contributed by atoms with Gasteiger partial charge in [0, 0.05) is 17.3 Å². The predicted molar refractivity (Wildman–Crippen MR) is 122 cm³/mol. The summed E-state index contributed by atoms with van der Waals surface area (Å²) in [5, 5.41) is 5.33. The molecule has 0 bridgehead atoms. The molecule has 0 fully saturated rings. The van der Waals surface area contributed by atoms with Gasteiger partial charge < -0.3 is 16.4 Å². The second-order valence-corrected chi connectivity index (χ2v) is 7.97. The van der Waals surface area contributed by atoms with Crippen molar-refractivity contribution in [3.05, 3.63) is 63.4 Å². The van der Waals surface area contributed by atoms with Crippen molar-refractivity contribution in [1.29, 1.82) is 0 Å². The number of carbonyl (C=O) groups excluding carboxylic acids is 2. The molecule has 176 valence electrons. The summed E-state index contributed by atoms with van der Waals surface area (Å²) in [6, 6.07) is 5.47. The number of pyridine rings is 1. The lowest BCUT2D eigenvalue weighted by molar-refractivity contribution is -0.110. The number of allylic oxidation sites excluding steroid dienone is 1. The summed E-state index contributed by atoms with van der Waals surface area (Å²) in [4.78, 5) is 33.3. The second-order valence-electron chi connectivity index (χ2n) is 7.13. The minimum Gasteiger partial charge on any atom is -0.395 e. The molecule has 0 unspecified atom stereocenters. The van der Waals surface area contributed by atoms with Crippen LogP contribution in [0.4, 0.5) is 24.7 Å². The number of halogens is 5. The molecular formula is C21H20Cl2F3N5O2. The molecule has 2 rings (SSSR count). The number of nitrogens with one attached hydrogen (secondary N) is 2. The number of rotatable bonds is 6. The summed E-state index contributed by atoms with van der Waals surface area (Å²) < 4.78 is 39.1. The van der Waals surface area contributed by atoms with E-state index in [4.69, 9.17) is 28.9 Å². The number of aliphatic imine (C=N–C) groups is 1. The minimum atomic E-state index is -4.91. The largest absolute Gasteiger partial charge is 0.430 e. The Kier molecular flexibility index (Phi) is 8.45. The summed E-state index contributed by atoms with van der Waals surface area (Å²) in [5.41, 5.74) is 3.27. The zero-order valence-corrected chi connectivity index (χ0v) is 19.2. The number of alkyl halides is 3. The molecule has 0 atom stereocenters. The molecule has 2 amide bonds. The van der Waals surface area contributed by atoms with Crippen LogP contribution < -0.4 is 16.4 Å². The number of nitrogens with two attached hydrogens (primary N) is 1. The van der Waals surface area contributed by atoms with Gasteiger partial charge >= 0.3 is 6.18 Å². The third-order valence-electron chi connectivity index (χ3n) is 4.02. The Bertz CT molecular complexity index is 1130. The summed E-state index contributed by atoms with van der Waals surface area (Å²) in [5.74, 6) is -1.81. The first-order valence-corrected chi connectivity index (χ1v) is 10.2. The summed E-state index contributed by atoms with van der Waals surface area (Å²) in [7, 11) is 0. The SMILES string of the molecule is Cc1cc(Cl)cc(C(=O)NC(C)C)c1NC(=O)C(C=C(N)C(F)(F)F)=Nc1ncccc1Cl. The normalized spacial score (nSPS) is 12.6. The van der Waals surface area contributed by atoms with E-state index in [9.17, 15) is 22.8 Å². The third-order valence-corrected chi connectivity index (χ3v) is 4.53. The average Bonchev–Trinajstić information content (AvgIpc) is 2.69. The van der Waals surface area contributed by atoms with Crippen molar-refractivity contribution in [2.45, 2.75) is 33.0 Å². The molecule has 4 N–H and O–H groups in total. The molecular weight excluding hydrogens is 482 g/mol. The number of aromatic nitrogens is 1. The summed E-state index contributed by atoms with van der Waals surface area (Å²) in [6.45, 7) is 5.04. The molecule has 0 saturated heterocycles. The number of amides is 2. The molecule has 0 spiro atoms. The fourth-order valence-corrected chi connectivity index (χ4v) is 2.99.